The van der Waals surface area contributed by atoms with Crippen LogP contribution in [0.2, 0.25) is 0 Å². The zero-order valence-corrected chi connectivity index (χ0v) is 11.9. The number of anilines is 1. The molecule has 0 saturated carbocycles. The van der Waals surface area contributed by atoms with Crippen LogP contribution in [0, 0.1) is 0 Å². The second kappa shape index (κ2) is 10.4. The first-order valence-electron chi connectivity index (χ1n) is 7.30. The van der Waals surface area contributed by atoms with Crippen molar-refractivity contribution in [3.8, 4) is 5.75 Å². The molecule has 19 heavy (non-hydrogen) atoms. The fraction of sp³-hybridized carbons (Fsp3) is 0.562. The molecule has 0 saturated heterocycles. The van der Waals surface area contributed by atoms with E-state index in [1.165, 1.54) is 38.5 Å². The number of unbranched alkanes of at least 4 members (excludes halogenated alkanes) is 6. The standard InChI is InChI=1S/C16H25NO2/c1-2-3-4-5-6-7-8-12-19-16-11-9-10-15(13-16)17-14-18/h9-11,13-14H,2-8,12H2,1H3,(H,17,18). The van der Waals surface area contributed by atoms with Crippen molar-refractivity contribution in [2.24, 2.45) is 0 Å². The second-order valence-electron chi connectivity index (χ2n) is 4.76. The Morgan fingerprint density at radius 2 is 1.84 bits per heavy atom. The van der Waals surface area contributed by atoms with Crippen molar-refractivity contribution in [1.29, 1.82) is 0 Å². The van der Waals surface area contributed by atoms with Gasteiger partial charge < -0.3 is 10.1 Å². The molecule has 3 nitrogen and oxygen atoms in total. The Kier molecular flexibility index (Phi) is 8.52. The zero-order chi connectivity index (χ0) is 13.8. The van der Waals surface area contributed by atoms with E-state index in [9.17, 15) is 4.79 Å². The number of amides is 1. The van der Waals surface area contributed by atoms with Gasteiger partial charge in [-0.25, -0.2) is 0 Å². The minimum Gasteiger partial charge on any atom is -0.494 e. The molecule has 0 bridgehead atoms. The predicted molar refractivity (Wildman–Crippen MR) is 79.6 cm³/mol. The molecule has 0 atom stereocenters. The van der Waals surface area contributed by atoms with Crippen molar-refractivity contribution < 1.29 is 9.53 Å². The van der Waals surface area contributed by atoms with Gasteiger partial charge in [-0.1, -0.05) is 51.5 Å². The molecular weight excluding hydrogens is 238 g/mol. The maximum atomic E-state index is 10.3. The van der Waals surface area contributed by atoms with Crippen LogP contribution in [0.4, 0.5) is 5.69 Å². The Hall–Kier alpha value is -1.51. The largest absolute Gasteiger partial charge is 0.494 e. The van der Waals surface area contributed by atoms with Gasteiger partial charge in [-0.3, -0.25) is 4.79 Å². The van der Waals surface area contributed by atoms with Crippen molar-refractivity contribution in [1.82, 2.24) is 0 Å². The molecule has 0 fully saturated rings. The molecule has 0 aliphatic carbocycles. The lowest BCUT2D eigenvalue weighted by Crippen LogP contribution is -1.99. The molecule has 0 aromatic heterocycles. The highest BCUT2D eigenvalue weighted by atomic mass is 16.5. The first-order valence-corrected chi connectivity index (χ1v) is 7.30. The van der Waals surface area contributed by atoms with Gasteiger partial charge in [-0.05, 0) is 18.6 Å². The van der Waals surface area contributed by atoms with Gasteiger partial charge in [0.25, 0.3) is 0 Å². The summed E-state index contributed by atoms with van der Waals surface area (Å²) in [4.78, 5) is 10.3. The smallest absolute Gasteiger partial charge is 0.211 e. The lowest BCUT2D eigenvalue weighted by Gasteiger charge is -2.07. The summed E-state index contributed by atoms with van der Waals surface area (Å²) in [6.45, 7) is 2.99. The highest BCUT2D eigenvalue weighted by Crippen LogP contribution is 2.17. The van der Waals surface area contributed by atoms with Gasteiger partial charge in [0.1, 0.15) is 5.75 Å². The molecule has 1 rings (SSSR count). The Labute approximate surface area is 116 Å². The summed E-state index contributed by atoms with van der Waals surface area (Å²) in [5.41, 5.74) is 0.770. The summed E-state index contributed by atoms with van der Waals surface area (Å²) in [7, 11) is 0. The van der Waals surface area contributed by atoms with Gasteiger partial charge in [-0.15, -0.1) is 0 Å². The van der Waals surface area contributed by atoms with Crippen molar-refractivity contribution in [3.05, 3.63) is 24.3 Å². The van der Waals surface area contributed by atoms with Crippen molar-refractivity contribution in [2.75, 3.05) is 11.9 Å². The van der Waals surface area contributed by atoms with E-state index in [0.29, 0.717) is 6.41 Å². The zero-order valence-electron chi connectivity index (χ0n) is 11.9. The summed E-state index contributed by atoms with van der Waals surface area (Å²) in [6.07, 6.45) is 9.66. The number of nitrogens with one attached hydrogen (secondary N) is 1. The molecule has 0 heterocycles. The highest BCUT2D eigenvalue weighted by molar-refractivity contribution is 5.71. The Morgan fingerprint density at radius 1 is 1.11 bits per heavy atom. The lowest BCUT2D eigenvalue weighted by molar-refractivity contribution is -0.105. The summed E-state index contributed by atoms with van der Waals surface area (Å²) in [5, 5.41) is 2.62. The van der Waals surface area contributed by atoms with Gasteiger partial charge in [0, 0.05) is 11.8 Å². The SMILES string of the molecule is CCCCCCCCCOc1cccc(NC=O)c1. The highest BCUT2D eigenvalue weighted by Gasteiger charge is 1.96. The van der Waals surface area contributed by atoms with E-state index in [0.717, 1.165) is 24.5 Å². The fourth-order valence-electron chi connectivity index (χ4n) is 1.99. The van der Waals surface area contributed by atoms with E-state index in [2.05, 4.69) is 12.2 Å². The number of benzene rings is 1. The molecule has 0 aliphatic heterocycles. The van der Waals surface area contributed by atoms with Crippen LogP contribution in [-0.4, -0.2) is 13.0 Å². The van der Waals surface area contributed by atoms with Gasteiger partial charge in [0.15, 0.2) is 0 Å². The molecule has 0 radical (unpaired) electrons. The second-order valence-corrected chi connectivity index (χ2v) is 4.76. The first-order chi connectivity index (χ1) is 9.36. The van der Waals surface area contributed by atoms with Crippen molar-refractivity contribution in [2.45, 2.75) is 51.9 Å². The van der Waals surface area contributed by atoms with E-state index >= 15 is 0 Å². The van der Waals surface area contributed by atoms with Gasteiger partial charge in [-0.2, -0.15) is 0 Å². The van der Waals surface area contributed by atoms with Crippen molar-refractivity contribution >= 4 is 12.1 Å². The maximum absolute atomic E-state index is 10.3. The monoisotopic (exact) mass is 263 g/mol. The maximum Gasteiger partial charge on any atom is 0.211 e. The molecule has 0 spiro atoms. The fourth-order valence-corrected chi connectivity index (χ4v) is 1.99. The van der Waals surface area contributed by atoms with Crippen LogP contribution in [0.3, 0.4) is 0 Å². The molecular formula is C16H25NO2. The summed E-state index contributed by atoms with van der Waals surface area (Å²) < 4.78 is 5.66. The number of rotatable bonds is 11. The minimum atomic E-state index is 0.676. The minimum absolute atomic E-state index is 0.676. The van der Waals surface area contributed by atoms with Crippen LogP contribution in [0.1, 0.15) is 51.9 Å². The molecule has 1 N–H and O–H groups in total. The van der Waals surface area contributed by atoms with Crippen LogP contribution in [0.15, 0.2) is 24.3 Å². The Bertz CT molecular complexity index is 352. The first kappa shape index (κ1) is 15.5. The van der Waals surface area contributed by atoms with E-state index in [1.807, 2.05) is 24.3 Å². The van der Waals surface area contributed by atoms with E-state index in [4.69, 9.17) is 4.74 Å². The quantitative estimate of drug-likeness (QED) is 0.475. The number of hydrogen-bond acceptors (Lipinski definition) is 2. The van der Waals surface area contributed by atoms with Crippen LogP contribution in [0.5, 0.6) is 5.75 Å². The molecule has 0 unspecified atom stereocenters. The van der Waals surface area contributed by atoms with Crippen LogP contribution >= 0.6 is 0 Å². The molecule has 1 amide bonds. The summed E-state index contributed by atoms with van der Waals surface area (Å²) in [6, 6.07) is 7.48. The summed E-state index contributed by atoms with van der Waals surface area (Å²) in [5.74, 6) is 0.817. The number of ether oxygens (including phenoxy) is 1. The third-order valence-electron chi connectivity index (χ3n) is 3.08. The third-order valence-corrected chi connectivity index (χ3v) is 3.08. The molecule has 1 aromatic rings. The van der Waals surface area contributed by atoms with E-state index in [1.54, 1.807) is 0 Å². The molecule has 1 aromatic carbocycles. The number of hydrogen-bond donors (Lipinski definition) is 1. The normalized spacial score (nSPS) is 10.2. The van der Waals surface area contributed by atoms with E-state index in [-0.39, 0.29) is 0 Å². The Morgan fingerprint density at radius 3 is 2.58 bits per heavy atom. The van der Waals surface area contributed by atoms with Crippen LogP contribution < -0.4 is 10.1 Å². The van der Waals surface area contributed by atoms with Gasteiger partial charge >= 0.3 is 0 Å². The van der Waals surface area contributed by atoms with Crippen LogP contribution in [-0.2, 0) is 4.79 Å². The van der Waals surface area contributed by atoms with Crippen LogP contribution in [0.25, 0.3) is 0 Å². The average Bonchev–Trinajstić information content (AvgIpc) is 2.43. The molecule has 0 aliphatic rings. The number of carbonyl (C=O) groups excluding carboxylic acids is 1. The summed E-state index contributed by atoms with van der Waals surface area (Å²) >= 11 is 0. The number of carbonyl (C=O) groups is 1. The lowest BCUT2D eigenvalue weighted by atomic mass is 10.1. The third kappa shape index (κ3) is 7.50. The molecule has 3 heteroatoms. The predicted octanol–water partition coefficient (Wildman–Crippen LogP) is 4.38. The average molecular weight is 263 g/mol. The molecule has 106 valence electrons. The topological polar surface area (TPSA) is 38.3 Å². The van der Waals surface area contributed by atoms with E-state index < -0.39 is 0 Å². The van der Waals surface area contributed by atoms with Gasteiger partial charge in [0.05, 0.1) is 6.61 Å². The Balaban J connectivity index is 2.08. The van der Waals surface area contributed by atoms with Gasteiger partial charge in [0.2, 0.25) is 6.41 Å². The van der Waals surface area contributed by atoms with Crippen molar-refractivity contribution in [3.63, 3.8) is 0 Å².